The molecule has 0 aliphatic carbocycles. The van der Waals surface area contributed by atoms with E-state index >= 15 is 0 Å². The Morgan fingerprint density at radius 3 is 2.38 bits per heavy atom. The highest BCUT2D eigenvalue weighted by molar-refractivity contribution is 9.10. The molecule has 0 aliphatic heterocycles. The molecule has 21 heavy (non-hydrogen) atoms. The van der Waals surface area contributed by atoms with Gasteiger partial charge in [-0.15, -0.1) is 5.10 Å². The Bertz CT molecular complexity index is 723. The van der Waals surface area contributed by atoms with Crippen molar-refractivity contribution in [3.63, 3.8) is 0 Å². The lowest BCUT2D eigenvalue weighted by Crippen LogP contribution is -1.90. The number of halogens is 1. The summed E-state index contributed by atoms with van der Waals surface area (Å²) >= 11 is 3.39. The maximum absolute atomic E-state index is 5.59. The minimum Gasteiger partial charge on any atom is -0.497 e. The Labute approximate surface area is 130 Å². The van der Waals surface area contributed by atoms with E-state index in [0.29, 0.717) is 11.9 Å². The van der Waals surface area contributed by atoms with Crippen molar-refractivity contribution in [2.24, 2.45) is 0 Å². The minimum absolute atomic E-state index is 0.345. The van der Waals surface area contributed by atoms with Gasteiger partial charge in [0.2, 0.25) is 5.89 Å². The fraction of sp³-hybridized carbons (Fsp3) is 0.0667. The van der Waals surface area contributed by atoms with Crippen LogP contribution in [0.15, 0.2) is 57.4 Å². The predicted octanol–water partition coefficient (Wildman–Crippen LogP) is 4.25. The summed E-state index contributed by atoms with van der Waals surface area (Å²) in [6.07, 6.45) is 0. The van der Waals surface area contributed by atoms with E-state index in [2.05, 4.69) is 31.4 Å². The van der Waals surface area contributed by atoms with Gasteiger partial charge in [-0.2, -0.15) is 0 Å². The summed E-state index contributed by atoms with van der Waals surface area (Å²) in [6, 6.07) is 15.5. The number of methoxy groups -OCH3 is 1. The third kappa shape index (κ3) is 3.22. The van der Waals surface area contributed by atoms with Crippen LogP contribution in [0, 0.1) is 0 Å². The molecule has 0 amide bonds. The first-order chi connectivity index (χ1) is 10.2. The molecule has 0 bridgehead atoms. The van der Waals surface area contributed by atoms with Crippen molar-refractivity contribution in [3.8, 4) is 17.2 Å². The van der Waals surface area contributed by atoms with Crippen LogP contribution in [0.2, 0.25) is 0 Å². The largest absolute Gasteiger partial charge is 0.497 e. The normalized spacial score (nSPS) is 10.4. The monoisotopic (exact) mass is 345 g/mol. The molecular formula is C15H12BrN3O2. The topological polar surface area (TPSA) is 60.2 Å². The van der Waals surface area contributed by atoms with Crippen LogP contribution < -0.4 is 10.1 Å². The van der Waals surface area contributed by atoms with Crippen LogP contribution >= 0.6 is 15.9 Å². The van der Waals surface area contributed by atoms with Crippen LogP contribution in [-0.2, 0) is 0 Å². The van der Waals surface area contributed by atoms with E-state index in [1.165, 1.54) is 0 Å². The van der Waals surface area contributed by atoms with E-state index in [1.807, 2.05) is 48.5 Å². The van der Waals surface area contributed by atoms with E-state index < -0.39 is 0 Å². The second-order valence-corrected chi connectivity index (χ2v) is 5.19. The molecule has 3 rings (SSSR count). The highest BCUT2D eigenvalue weighted by atomic mass is 79.9. The van der Waals surface area contributed by atoms with Gasteiger partial charge in [0, 0.05) is 15.7 Å². The molecule has 106 valence electrons. The van der Waals surface area contributed by atoms with Gasteiger partial charge in [-0.05, 0) is 48.5 Å². The summed E-state index contributed by atoms with van der Waals surface area (Å²) in [5.74, 6) is 1.26. The van der Waals surface area contributed by atoms with E-state index in [-0.39, 0.29) is 0 Å². The standard InChI is InChI=1S/C15H12BrN3O2/c1-20-13-8-6-12(7-9-13)17-15-19-18-14(21-15)10-2-4-11(16)5-3-10/h2-9H,1H3,(H,17,19). The number of nitrogens with one attached hydrogen (secondary N) is 1. The fourth-order valence-electron chi connectivity index (χ4n) is 1.78. The third-order valence-electron chi connectivity index (χ3n) is 2.86. The van der Waals surface area contributed by atoms with Gasteiger partial charge in [0.25, 0.3) is 0 Å². The first-order valence-electron chi connectivity index (χ1n) is 6.25. The highest BCUT2D eigenvalue weighted by Gasteiger charge is 2.08. The van der Waals surface area contributed by atoms with Crippen LogP contribution in [0.5, 0.6) is 5.75 Å². The molecule has 0 spiro atoms. The Kier molecular flexibility index (Phi) is 3.87. The molecule has 5 nitrogen and oxygen atoms in total. The van der Waals surface area contributed by atoms with Crippen molar-refractivity contribution < 1.29 is 9.15 Å². The van der Waals surface area contributed by atoms with E-state index in [9.17, 15) is 0 Å². The molecule has 3 aromatic rings. The molecule has 0 saturated carbocycles. The second-order valence-electron chi connectivity index (χ2n) is 4.27. The summed E-state index contributed by atoms with van der Waals surface area (Å²) in [5, 5.41) is 11.1. The van der Waals surface area contributed by atoms with Crippen molar-refractivity contribution in [1.29, 1.82) is 0 Å². The van der Waals surface area contributed by atoms with E-state index in [4.69, 9.17) is 9.15 Å². The number of anilines is 2. The lowest BCUT2D eigenvalue weighted by atomic mass is 10.2. The lowest BCUT2D eigenvalue weighted by molar-refractivity contribution is 0.415. The van der Waals surface area contributed by atoms with Crippen LogP contribution in [0.4, 0.5) is 11.7 Å². The number of benzene rings is 2. The molecule has 0 aliphatic rings. The summed E-state index contributed by atoms with van der Waals surface area (Å²) in [4.78, 5) is 0. The molecule has 6 heteroatoms. The summed E-state index contributed by atoms with van der Waals surface area (Å²) in [7, 11) is 1.63. The Hall–Kier alpha value is -2.34. The Morgan fingerprint density at radius 2 is 1.71 bits per heavy atom. The number of ether oxygens (including phenoxy) is 1. The predicted molar refractivity (Wildman–Crippen MR) is 83.7 cm³/mol. The van der Waals surface area contributed by atoms with Crippen LogP contribution in [0.3, 0.4) is 0 Å². The van der Waals surface area contributed by atoms with Gasteiger partial charge >= 0.3 is 6.01 Å². The zero-order valence-electron chi connectivity index (χ0n) is 11.2. The summed E-state index contributed by atoms with van der Waals surface area (Å²) in [6.45, 7) is 0. The first kappa shape index (κ1) is 13.6. The Morgan fingerprint density at radius 1 is 1.00 bits per heavy atom. The SMILES string of the molecule is COc1ccc(Nc2nnc(-c3ccc(Br)cc3)o2)cc1. The lowest BCUT2D eigenvalue weighted by Gasteiger charge is -2.02. The molecule has 1 N–H and O–H groups in total. The van der Waals surface area contributed by atoms with Gasteiger partial charge in [-0.25, -0.2) is 0 Å². The first-order valence-corrected chi connectivity index (χ1v) is 7.04. The van der Waals surface area contributed by atoms with Crippen molar-refractivity contribution in [2.75, 3.05) is 12.4 Å². The quantitative estimate of drug-likeness (QED) is 0.765. The highest BCUT2D eigenvalue weighted by Crippen LogP contribution is 2.24. The summed E-state index contributed by atoms with van der Waals surface area (Å²) in [5.41, 5.74) is 1.72. The van der Waals surface area contributed by atoms with Gasteiger partial charge in [0.1, 0.15) is 5.75 Å². The molecule has 0 atom stereocenters. The van der Waals surface area contributed by atoms with Gasteiger partial charge in [-0.3, -0.25) is 0 Å². The number of hydrogen-bond donors (Lipinski definition) is 1. The van der Waals surface area contributed by atoms with Crippen molar-refractivity contribution in [3.05, 3.63) is 53.0 Å². The molecular weight excluding hydrogens is 334 g/mol. The van der Waals surface area contributed by atoms with Crippen LogP contribution in [0.25, 0.3) is 11.5 Å². The maximum atomic E-state index is 5.59. The third-order valence-corrected chi connectivity index (χ3v) is 3.39. The Balaban J connectivity index is 1.76. The van der Waals surface area contributed by atoms with E-state index in [0.717, 1.165) is 21.5 Å². The number of hydrogen-bond acceptors (Lipinski definition) is 5. The molecule has 1 heterocycles. The smallest absolute Gasteiger partial charge is 0.320 e. The van der Waals surface area contributed by atoms with Crippen LogP contribution in [-0.4, -0.2) is 17.3 Å². The molecule has 0 unspecified atom stereocenters. The average Bonchev–Trinajstić information content (AvgIpc) is 2.97. The van der Waals surface area contributed by atoms with Crippen molar-refractivity contribution in [1.82, 2.24) is 10.2 Å². The molecule has 0 fully saturated rings. The fourth-order valence-corrected chi connectivity index (χ4v) is 2.05. The van der Waals surface area contributed by atoms with E-state index in [1.54, 1.807) is 7.11 Å². The van der Waals surface area contributed by atoms with Crippen molar-refractivity contribution in [2.45, 2.75) is 0 Å². The molecule has 0 radical (unpaired) electrons. The molecule has 1 aromatic heterocycles. The van der Waals surface area contributed by atoms with Crippen molar-refractivity contribution >= 4 is 27.6 Å². The minimum atomic E-state index is 0.345. The van der Waals surface area contributed by atoms with Gasteiger partial charge < -0.3 is 14.5 Å². The van der Waals surface area contributed by atoms with Gasteiger partial charge in [0.15, 0.2) is 0 Å². The number of nitrogens with zero attached hydrogens (tertiary/aromatic N) is 2. The average molecular weight is 346 g/mol. The second kappa shape index (κ2) is 5.97. The maximum Gasteiger partial charge on any atom is 0.320 e. The number of aromatic nitrogens is 2. The van der Waals surface area contributed by atoms with Crippen LogP contribution in [0.1, 0.15) is 0 Å². The molecule has 2 aromatic carbocycles. The van der Waals surface area contributed by atoms with Gasteiger partial charge in [-0.1, -0.05) is 21.0 Å². The zero-order chi connectivity index (χ0) is 14.7. The zero-order valence-corrected chi connectivity index (χ0v) is 12.8. The molecule has 0 saturated heterocycles. The summed E-state index contributed by atoms with van der Waals surface area (Å²) < 4.78 is 11.7. The van der Waals surface area contributed by atoms with Gasteiger partial charge in [0.05, 0.1) is 7.11 Å². The number of rotatable bonds is 4.